The fraction of sp³-hybridized carbons (Fsp3) is 0.471. The van der Waals surface area contributed by atoms with Crippen molar-refractivity contribution in [3.05, 3.63) is 54.6 Å². The van der Waals surface area contributed by atoms with E-state index in [2.05, 4.69) is 38.7 Å². The zero-order valence-electron chi connectivity index (χ0n) is 12.3. The molecule has 1 heterocycles. The van der Waals surface area contributed by atoms with Gasteiger partial charge in [-0.15, -0.1) is 0 Å². The molecule has 1 atom stereocenters. The van der Waals surface area contributed by atoms with E-state index < -0.39 is 0 Å². The van der Waals surface area contributed by atoms with Gasteiger partial charge in [-0.2, -0.15) is 0 Å². The van der Waals surface area contributed by atoms with Gasteiger partial charge in [0, 0.05) is 38.1 Å². The summed E-state index contributed by atoms with van der Waals surface area (Å²) in [4.78, 5) is 6.52. The Morgan fingerprint density at radius 3 is 2.71 bits per heavy atom. The number of rotatable bonds is 8. The van der Waals surface area contributed by atoms with E-state index in [1.165, 1.54) is 18.4 Å². The molecule has 1 fully saturated rings. The molecule has 4 nitrogen and oxygen atoms in total. The lowest BCUT2D eigenvalue weighted by molar-refractivity contribution is 0.0974. The third-order valence-corrected chi connectivity index (χ3v) is 4.26. The van der Waals surface area contributed by atoms with Crippen molar-refractivity contribution in [2.45, 2.75) is 32.0 Å². The molecule has 0 aliphatic heterocycles. The van der Waals surface area contributed by atoms with E-state index in [-0.39, 0.29) is 12.6 Å². The highest BCUT2D eigenvalue weighted by atomic mass is 16.3. The first-order chi connectivity index (χ1) is 10.4. The Hall–Kier alpha value is -1.65. The minimum Gasteiger partial charge on any atom is -0.395 e. The zero-order valence-corrected chi connectivity index (χ0v) is 12.3. The molecule has 1 N–H and O–H groups in total. The Balaban J connectivity index is 1.67. The van der Waals surface area contributed by atoms with E-state index in [4.69, 9.17) is 0 Å². The van der Waals surface area contributed by atoms with E-state index in [0.717, 1.165) is 19.6 Å². The monoisotopic (exact) mass is 285 g/mol. The van der Waals surface area contributed by atoms with E-state index >= 15 is 0 Å². The van der Waals surface area contributed by atoms with Crippen LogP contribution in [-0.2, 0) is 13.1 Å². The van der Waals surface area contributed by atoms with Gasteiger partial charge in [0.05, 0.1) is 12.9 Å². The Bertz CT molecular complexity index is 522. The third kappa shape index (κ3) is 3.93. The maximum Gasteiger partial charge on any atom is 0.0946 e. The summed E-state index contributed by atoms with van der Waals surface area (Å²) in [5.74, 6) is 0.668. The van der Waals surface area contributed by atoms with Gasteiger partial charge in [-0.25, -0.2) is 4.98 Å². The molecule has 1 unspecified atom stereocenters. The summed E-state index contributed by atoms with van der Waals surface area (Å²) < 4.78 is 2.10. The van der Waals surface area contributed by atoms with Crippen LogP contribution in [0.5, 0.6) is 0 Å². The minimum absolute atomic E-state index is 0.251. The molecular formula is C17H23N3O. The van der Waals surface area contributed by atoms with Crippen molar-refractivity contribution in [2.75, 3.05) is 13.2 Å². The van der Waals surface area contributed by atoms with Crippen molar-refractivity contribution >= 4 is 0 Å². The molecule has 112 valence electrons. The second-order valence-electron chi connectivity index (χ2n) is 5.84. The summed E-state index contributed by atoms with van der Waals surface area (Å²) in [7, 11) is 0. The SMILES string of the molecule is OCC(C1CC1)N(CCn1ccnc1)Cc1ccccc1. The Labute approximate surface area is 126 Å². The molecule has 0 bridgehead atoms. The lowest BCUT2D eigenvalue weighted by Gasteiger charge is -2.31. The molecule has 0 saturated heterocycles. The predicted molar refractivity (Wildman–Crippen MR) is 82.7 cm³/mol. The Morgan fingerprint density at radius 1 is 1.29 bits per heavy atom. The van der Waals surface area contributed by atoms with Crippen LogP contribution in [0.4, 0.5) is 0 Å². The van der Waals surface area contributed by atoms with Gasteiger partial charge in [0.25, 0.3) is 0 Å². The smallest absolute Gasteiger partial charge is 0.0946 e. The second-order valence-corrected chi connectivity index (χ2v) is 5.84. The minimum atomic E-state index is 0.251. The molecule has 2 aromatic rings. The summed E-state index contributed by atoms with van der Waals surface area (Å²) in [5.41, 5.74) is 1.31. The lowest BCUT2D eigenvalue weighted by Crippen LogP contribution is -2.41. The molecule has 0 radical (unpaired) electrons. The fourth-order valence-electron chi connectivity index (χ4n) is 2.89. The van der Waals surface area contributed by atoms with Gasteiger partial charge in [0.15, 0.2) is 0 Å². The average molecular weight is 285 g/mol. The van der Waals surface area contributed by atoms with E-state index in [1.54, 1.807) is 0 Å². The van der Waals surface area contributed by atoms with Crippen molar-refractivity contribution in [3.63, 3.8) is 0 Å². The zero-order chi connectivity index (χ0) is 14.5. The number of nitrogens with zero attached hydrogens (tertiary/aromatic N) is 3. The first kappa shape index (κ1) is 14.3. The molecule has 0 spiro atoms. The van der Waals surface area contributed by atoms with Crippen LogP contribution in [-0.4, -0.2) is 38.8 Å². The predicted octanol–water partition coefficient (Wildman–Crippen LogP) is 2.16. The van der Waals surface area contributed by atoms with Gasteiger partial charge in [0.1, 0.15) is 0 Å². The number of imidazole rings is 1. The molecule has 4 heteroatoms. The van der Waals surface area contributed by atoms with Crippen LogP contribution < -0.4 is 0 Å². The summed E-state index contributed by atoms with van der Waals surface area (Å²) in [6, 6.07) is 10.8. The highest BCUT2D eigenvalue weighted by molar-refractivity contribution is 5.14. The van der Waals surface area contributed by atoms with Crippen molar-refractivity contribution in [2.24, 2.45) is 5.92 Å². The maximum atomic E-state index is 9.78. The lowest BCUT2D eigenvalue weighted by atomic mass is 10.1. The van der Waals surface area contributed by atoms with Crippen molar-refractivity contribution in [1.82, 2.24) is 14.5 Å². The molecule has 1 aromatic carbocycles. The van der Waals surface area contributed by atoms with Crippen LogP contribution in [0.1, 0.15) is 18.4 Å². The summed E-state index contributed by atoms with van der Waals surface area (Å²) in [6.45, 7) is 3.00. The second kappa shape index (κ2) is 6.87. The van der Waals surface area contributed by atoms with Gasteiger partial charge < -0.3 is 9.67 Å². The average Bonchev–Trinajstić information content (AvgIpc) is 3.21. The van der Waals surface area contributed by atoms with Crippen molar-refractivity contribution in [1.29, 1.82) is 0 Å². The third-order valence-electron chi connectivity index (χ3n) is 4.26. The first-order valence-corrected chi connectivity index (χ1v) is 7.71. The summed E-state index contributed by atoms with van der Waals surface area (Å²) >= 11 is 0. The number of aliphatic hydroxyl groups excluding tert-OH is 1. The van der Waals surface area contributed by atoms with Crippen molar-refractivity contribution < 1.29 is 5.11 Å². The topological polar surface area (TPSA) is 41.3 Å². The van der Waals surface area contributed by atoms with Gasteiger partial charge in [0.2, 0.25) is 0 Å². The number of aliphatic hydroxyl groups is 1. The van der Waals surface area contributed by atoms with Crippen LogP contribution in [0.2, 0.25) is 0 Å². The summed E-state index contributed by atoms with van der Waals surface area (Å²) in [5, 5.41) is 9.78. The van der Waals surface area contributed by atoms with Crippen LogP contribution in [0, 0.1) is 5.92 Å². The molecule has 1 saturated carbocycles. The highest BCUT2D eigenvalue weighted by Gasteiger charge is 2.34. The van der Waals surface area contributed by atoms with Gasteiger partial charge in [-0.1, -0.05) is 30.3 Å². The van der Waals surface area contributed by atoms with Crippen LogP contribution in [0.25, 0.3) is 0 Å². The molecule has 3 rings (SSSR count). The molecule has 1 aliphatic carbocycles. The number of hydrogen-bond donors (Lipinski definition) is 1. The largest absolute Gasteiger partial charge is 0.395 e. The maximum absolute atomic E-state index is 9.78. The van der Waals surface area contributed by atoms with E-state index in [1.807, 2.05) is 24.8 Å². The molecule has 21 heavy (non-hydrogen) atoms. The standard InChI is InChI=1S/C17H23N3O/c21-13-17(16-6-7-16)20(11-10-19-9-8-18-14-19)12-15-4-2-1-3-5-15/h1-5,8-9,14,16-17,21H,6-7,10-13H2. The van der Waals surface area contributed by atoms with E-state index in [9.17, 15) is 5.11 Å². The van der Waals surface area contributed by atoms with E-state index in [0.29, 0.717) is 5.92 Å². The molecule has 1 aliphatic rings. The molecular weight excluding hydrogens is 262 g/mol. The van der Waals surface area contributed by atoms with Crippen LogP contribution in [0.3, 0.4) is 0 Å². The highest BCUT2D eigenvalue weighted by Crippen LogP contribution is 2.35. The first-order valence-electron chi connectivity index (χ1n) is 7.71. The van der Waals surface area contributed by atoms with Crippen LogP contribution >= 0.6 is 0 Å². The molecule has 0 amide bonds. The van der Waals surface area contributed by atoms with Gasteiger partial charge in [-0.3, -0.25) is 4.90 Å². The summed E-state index contributed by atoms with van der Waals surface area (Å²) in [6.07, 6.45) is 8.16. The van der Waals surface area contributed by atoms with Gasteiger partial charge >= 0.3 is 0 Å². The fourth-order valence-corrected chi connectivity index (χ4v) is 2.89. The van der Waals surface area contributed by atoms with Crippen LogP contribution in [0.15, 0.2) is 49.1 Å². The molecule has 1 aromatic heterocycles. The van der Waals surface area contributed by atoms with Gasteiger partial charge in [-0.05, 0) is 24.3 Å². The normalized spacial score (nSPS) is 16.3. The number of benzene rings is 1. The Kier molecular flexibility index (Phi) is 4.68. The van der Waals surface area contributed by atoms with Crippen molar-refractivity contribution in [3.8, 4) is 0 Å². The quantitative estimate of drug-likeness (QED) is 0.808. The number of hydrogen-bond acceptors (Lipinski definition) is 3. The Morgan fingerprint density at radius 2 is 2.10 bits per heavy atom. The number of aromatic nitrogens is 2.